The van der Waals surface area contributed by atoms with Gasteiger partial charge in [0.2, 0.25) is 5.91 Å². The first-order valence-corrected chi connectivity index (χ1v) is 6.62. The summed E-state index contributed by atoms with van der Waals surface area (Å²) in [4.78, 5) is 16.1. The highest BCUT2D eigenvalue weighted by Crippen LogP contribution is 2.17. The minimum Gasteiger partial charge on any atom is -0.323 e. The van der Waals surface area contributed by atoms with Crippen molar-refractivity contribution in [2.45, 2.75) is 32.2 Å². The number of aryl methyl sites for hydroxylation is 1. The normalized spacial score (nSPS) is 20.0. The van der Waals surface area contributed by atoms with E-state index in [-0.39, 0.29) is 11.9 Å². The number of halogens is 1. The van der Waals surface area contributed by atoms with Crippen molar-refractivity contribution in [3.05, 3.63) is 22.4 Å². The van der Waals surface area contributed by atoms with Crippen molar-refractivity contribution in [2.75, 3.05) is 11.9 Å². The summed E-state index contributed by atoms with van der Waals surface area (Å²) in [5.41, 5.74) is 1.77. The summed E-state index contributed by atoms with van der Waals surface area (Å²) in [5, 5.41) is 6.12. The second-order valence-corrected chi connectivity index (χ2v) is 5.07. The van der Waals surface area contributed by atoms with Crippen molar-refractivity contribution < 1.29 is 4.79 Å². The molecule has 0 spiro atoms. The van der Waals surface area contributed by atoms with Gasteiger partial charge in [0.25, 0.3) is 0 Å². The summed E-state index contributed by atoms with van der Waals surface area (Å²) in [6, 6.07) is 1.85. The molecule has 92 valence electrons. The van der Waals surface area contributed by atoms with E-state index in [1.165, 1.54) is 0 Å². The van der Waals surface area contributed by atoms with Crippen LogP contribution in [-0.4, -0.2) is 23.5 Å². The Labute approximate surface area is 109 Å². The number of pyridine rings is 1. The van der Waals surface area contributed by atoms with E-state index in [9.17, 15) is 4.79 Å². The van der Waals surface area contributed by atoms with Gasteiger partial charge >= 0.3 is 0 Å². The molecule has 0 radical (unpaired) electrons. The largest absolute Gasteiger partial charge is 0.323 e. The Hall–Kier alpha value is -0.940. The third kappa shape index (κ3) is 3.26. The van der Waals surface area contributed by atoms with Crippen LogP contribution in [0, 0.1) is 6.92 Å². The lowest BCUT2D eigenvalue weighted by molar-refractivity contribution is -0.118. The van der Waals surface area contributed by atoms with Gasteiger partial charge in [0.05, 0.1) is 17.9 Å². The summed E-state index contributed by atoms with van der Waals surface area (Å²) in [6.07, 6.45) is 4.85. The fourth-order valence-electron chi connectivity index (χ4n) is 1.93. The van der Waals surface area contributed by atoms with Gasteiger partial charge in [-0.2, -0.15) is 0 Å². The molecule has 1 fully saturated rings. The van der Waals surface area contributed by atoms with Gasteiger partial charge in [0, 0.05) is 0 Å². The lowest BCUT2D eigenvalue weighted by atomic mass is 10.0. The van der Waals surface area contributed by atoms with Crippen LogP contribution in [0.4, 0.5) is 5.69 Å². The Morgan fingerprint density at radius 3 is 3.06 bits per heavy atom. The van der Waals surface area contributed by atoms with Crippen LogP contribution >= 0.6 is 15.9 Å². The van der Waals surface area contributed by atoms with Crippen molar-refractivity contribution in [3.8, 4) is 0 Å². The maximum absolute atomic E-state index is 12.0. The first-order chi connectivity index (χ1) is 8.16. The molecule has 1 saturated heterocycles. The van der Waals surface area contributed by atoms with Gasteiger partial charge in [-0.3, -0.25) is 4.79 Å². The van der Waals surface area contributed by atoms with Crippen molar-refractivity contribution in [2.24, 2.45) is 0 Å². The molecule has 1 aliphatic rings. The van der Waals surface area contributed by atoms with E-state index in [0.29, 0.717) is 0 Å². The highest BCUT2D eigenvalue weighted by atomic mass is 79.9. The van der Waals surface area contributed by atoms with Crippen LogP contribution < -0.4 is 10.6 Å². The molecule has 1 atom stereocenters. The SMILES string of the molecule is Cc1cc(NC(=O)C2CCCCN2)cnc1Br. The number of rotatable bonds is 2. The highest BCUT2D eigenvalue weighted by Gasteiger charge is 2.20. The van der Waals surface area contributed by atoms with Gasteiger partial charge in [-0.1, -0.05) is 6.42 Å². The van der Waals surface area contributed by atoms with E-state index in [4.69, 9.17) is 0 Å². The number of anilines is 1. The van der Waals surface area contributed by atoms with Crippen LogP contribution in [0.15, 0.2) is 16.9 Å². The number of aromatic nitrogens is 1. The molecule has 1 aliphatic heterocycles. The zero-order valence-electron chi connectivity index (χ0n) is 9.79. The number of nitrogens with zero attached hydrogens (tertiary/aromatic N) is 1. The van der Waals surface area contributed by atoms with Gasteiger partial charge in [0.15, 0.2) is 0 Å². The maximum Gasteiger partial charge on any atom is 0.241 e. The number of hydrogen-bond donors (Lipinski definition) is 2. The first kappa shape index (κ1) is 12.5. The van der Waals surface area contributed by atoms with Crippen molar-refractivity contribution in [3.63, 3.8) is 0 Å². The summed E-state index contributed by atoms with van der Waals surface area (Å²) < 4.78 is 0.811. The number of nitrogens with one attached hydrogen (secondary N) is 2. The highest BCUT2D eigenvalue weighted by molar-refractivity contribution is 9.10. The molecule has 0 bridgehead atoms. The number of hydrogen-bond acceptors (Lipinski definition) is 3. The molecule has 0 aliphatic carbocycles. The number of amides is 1. The summed E-state index contributed by atoms with van der Waals surface area (Å²) in [5.74, 6) is 0.0354. The van der Waals surface area contributed by atoms with Gasteiger partial charge in [-0.15, -0.1) is 0 Å². The number of carbonyl (C=O) groups excluding carboxylic acids is 1. The van der Waals surface area contributed by atoms with Gasteiger partial charge in [-0.25, -0.2) is 4.98 Å². The predicted octanol–water partition coefficient (Wildman–Crippen LogP) is 2.23. The van der Waals surface area contributed by atoms with E-state index < -0.39 is 0 Å². The first-order valence-electron chi connectivity index (χ1n) is 5.83. The van der Waals surface area contributed by atoms with E-state index >= 15 is 0 Å². The molecule has 5 heteroatoms. The number of carbonyl (C=O) groups is 1. The Morgan fingerprint density at radius 2 is 2.41 bits per heavy atom. The Balaban J connectivity index is 1.99. The van der Waals surface area contributed by atoms with Crippen molar-refractivity contribution in [1.82, 2.24) is 10.3 Å². The zero-order chi connectivity index (χ0) is 12.3. The van der Waals surface area contributed by atoms with Crippen LogP contribution in [0.25, 0.3) is 0 Å². The molecule has 1 aromatic rings. The lowest BCUT2D eigenvalue weighted by Crippen LogP contribution is -2.43. The summed E-state index contributed by atoms with van der Waals surface area (Å²) in [7, 11) is 0. The summed E-state index contributed by atoms with van der Waals surface area (Å²) in [6.45, 7) is 2.88. The second kappa shape index (κ2) is 5.60. The van der Waals surface area contributed by atoms with Gasteiger partial charge < -0.3 is 10.6 Å². The summed E-state index contributed by atoms with van der Waals surface area (Å²) >= 11 is 3.34. The van der Waals surface area contributed by atoms with Gasteiger partial charge in [0.1, 0.15) is 4.60 Å². The van der Waals surface area contributed by atoms with Crippen LogP contribution in [0.5, 0.6) is 0 Å². The second-order valence-electron chi connectivity index (χ2n) is 4.32. The van der Waals surface area contributed by atoms with Crippen LogP contribution in [0.2, 0.25) is 0 Å². The molecular formula is C12H16BrN3O. The van der Waals surface area contributed by atoms with E-state index in [2.05, 4.69) is 31.5 Å². The fourth-order valence-corrected chi connectivity index (χ4v) is 2.15. The minimum absolute atomic E-state index is 0.0354. The minimum atomic E-state index is -0.0623. The molecule has 0 aromatic carbocycles. The molecule has 17 heavy (non-hydrogen) atoms. The number of piperidine rings is 1. The zero-order valence-corrected chi connectivity index (χ0v) is 11.4. The molecular weight excluding hydrogens is 282 g/mol. The quantitative estimate of drug-likeness (QED) is 0.823. The van der Waals surface area contributed by atoms with E-state index in [1.807, 2.05) is 13.0 Å². The average Bonchev–Trinajstić information content (AvgIpc) is 2.35. The van der Waals surface area contributed by atoms with Crippen molar-refractivity contribution in [1.29, 1.82) is 0 Å². The van der Waals surface area contributed by atoms with E-state index in [0.717, 1.165) is 41.7 Å². The third-order valence-electron chi connectivity index (χ3n) is 2.91. The molecule has 0 saturated carbocycles. The molecule has 2 N–H and O–H groups in total. The molecule has 1 unspecified atom stereocenters. The fraction of sp³-hybridized carbons (Fsp3) is 0.500. The van der Waals surface area contributed by atoms with Crippen LogP contribution in [0.1, 0.15) is 24.8 Å². The van der Waals surface area contributed by atoms with Gasteiger partial charge in [-0.05, 0) is 53.9 Å². The topological polar surface area (TPSA) is 54.0 Å². The Kier molecular flexibility index (Phi) is 4.12. The van der Waals surface area contributed by atoms with Crippen molar-refractivity contribution >= 4 is 27.5 Å². The monoisotopic (exact) mass is 297 g/mol. The molecule has 1 amide bonds. The smallest absolute Gasteiger partial charge is 0.241 e. The predicted molar refractivity (Wildman–Crippen MR) is 70.9 cm³/mol. The average molecular weight is 298 g/mol. The Morgan fingerprint density at radius 1 is 1.59 bits per heavy atom. The molecule has 4 nitrogen and oxygen atoms in total. The lowest BCUT2D eigenvalue weighted by Gasteiger charge is -2.22. The van der Waals surface area contributed by atoms with Crippen LogP contribution in [-0.2, 0) is 4.79 Å². The Bertz CT molecular complexity index is 416. The molecule has 2 rings (SSSR count). The molecule has 2 heterocycles. The van der Waals surface area contributed by atoms with E-state index in [1.54, 1.807) is 6.20 Å². The third-order valence-corrected chi connectivity index (χ3v) is 3.74. The standard InChI is InChI=1S/C12H16BrN3O/c1-8-6-9(7-15-11(8)13)16-12(17)10-4-2-3-5-14-10/h6-7,10,14H,2-5H2,1H3,(H,16,17). The molecule has 1 aromatic heterocycles. The maximum atomic E-state index is 12.0. The van der Waals surface area contributed by atoms with Crippen LogP contribution in [0.3, 0.4) is 0 Å².